The molecule has 3 rings (SSSR count). The van der Waals surface area contributed by atoms with Crippen LogP contribution in [-0.4, -0.2) is 37.4 Å². The predicted molar refractivity (Wildman–Crippen MR) is 99.9 cm³/mol. The summed E-state index contributed by atoms with van der Waals surface area (Å²) in [6.07, 6.45) is 4.80. The third-order valence-electron chi connectivity index (χ3n) is 3.86. The van der Waals surface area contributed by atoms with Gasteiger partial charge in [-0.15, -0.1) is 0 Å². The van der Waals surface area contributed by atoms with E-state index in [0.717, 1.165) is 10.9 Å². The van der Waals surface area contributed by atoms with Crippen LogP contribution in [0.25, 0.3) is 17.0 Å². The molecule has 7 heteroatoms. The van der Waals surface area contributed by atoms with Crippen LogP contribution in [0, 0.1) is 0 Å². The van der Waals surface area contributed by atoms with Crippen LogP contribution in [0.3, 0.4) is 0 Å². The smallest absolute Gasteiger partial charge is 0.248 e. The van der Waals surface area contributed by atoms with E-state index in [1.807, 2.05) is 18.2 Å². The maximum atomic E-state index is 12.2. The lowest BCUT2D eigenvalue weighted by atomic mass is 10.1. The van der Waals surface area contributed by atoms with Gasteiger partial charge in [0.1, 0.15) is 5.75 Å². The van der Waals surface area contributed by atoms with Crippen molar-refractivity contribution in [2.75, 3.05) is 26.6 Å². The van der Waals surface area contributed by atoms with E-state index < -0.39 is 0 Å². The molecule has 3 aromatic rings. The van der Waals surface area contributed by atoms with Gasteiger partial charge in [0.25, 0.3) is 0 Å². The van der Waals surface area contributed by atoms with Gasteiger partial charge in [-0.1, -0.05) is 0 Å². The van der Waals surface area contributed by atoms with Crippen molar-refractivity contribution < 1.29 is 19.0 Å². The van der Waals surface area contributed by atoms with Gasteiger partial charge < -0.3 is 19.5 Å². The van der Waals surface area contributed by atoms with E-state index in [-0.39, 0.29) is 5.91 Å². The van der Waals surface area contributed by atoms with E-state index in [1.165, 1.54) is 6.08 Å². The molecule has 0 saturated carbocycles. The number of amides is 1. The average Bonchev–Trinajstić information content (AvgIpc) is 3.13. The normalized spacial score (nSPS) is 10.9. The van der Waals surface area contributed by atoms with Crippen molar-refractivity contribution in [2.45, 2.75) is 0 Å². The molecular weight excluding hydrogens is 334 g/mol. The quantitative estimate of drug-likeness (QED) is 0.665. The molecule has 1 aromatic heterocycles. The van der Waals surface area contributed by atoms with Crippen LogP contribution < -0.4 is 19.5 Å². The zero-order valence-corrected chi connectivity index (χ0v) is 14.7. The number of anilines is 1. The first-order valence-electron chi connectivity index (χ1n) is 7.87. The summed E-state index contributed by atoms with van der Waals surface area (Å²) in [4.78, 5) is 12.2. The van der Waals surface area contributed by atoms with Gasteiger partial charge >= 0.3 is 0 Å². The summed E-state index contributed by atoms with van der Waals surface area (Å²) in [6, 6.07) is 8.98. The maximum absolute atomic E-state index is 12.2. The van der Waals surface area contributed by atoms with E-state index in [2.05, 4.69) is 15.5 Å². The van der Waals surface area contributed by atoms with Crippen LogP contribution in [-0.2, 0) is 4.79 Å². The Labute approximate surface area is 150 Å². The number of rotatable bonds is 6. The van der Waals surface area contributed by atoms with Crippen LogP contribution in [0.1, 0.15) is 5.56 Å². The summed E-state index contributed by atoms with van der Waals surface area (Å²) < 4.78 is 15.9. The van der Waals surface area contributed by atoms with Gasteiger partial charge in [0.05, 0.1) is 33.0 Å². The average molecular weight is 353 g/mol. The summed E-state index contributed by atoms with van der Waals surface area (Å²) in [7, 11) is 4.66. The highest BCUT2D eigenvalue weighted by Crippen LogP contribution is 2.35. The van der Waals surface area contributed by atoms with Crippen molar-refractivity contribution in [1.29, 1.82) is 0 Å². The Balaban J connectivity index is 1.78. The second-order valence-corrected chi connectivity index (χ2v) is 5.44. The first kappa shape index (κ1) is 17.3. The number of aromatic nitrogens is 2. The molecule has 0 fully saturated rings. The van der Waals surface area contributed by atoms with Crippen molar-refractivity contribution in [1.82, 2.24) is 10.2 Å². The summed E-state index contributed by atoms with van der Waals surface area (Å²) >= 11 is 0. The summed E-state index contributed by atoms with van der Waals surface area (Å²) in [5, 5.41) is 10.6. The number of ether oxygens (including phenoxy) is 3. The van der Waals surface area contributed by atoms with Gasteiger partial charge in [-0.25, -0.2) is 0 Å². The molecule has 0 aliphatic heterocycles. The van der Waals surface area contributed by atoms with Gasteiger partial charge in [-0.3, -0.25) is 9.89 Å². The Morgan fingerprint density at radius 1 is 1.04 bits per heavy atom. The van der Waals surface area contributed by atoms with Gasteiger partial charge in [0, 0.05) is 28.8 Å². The molecule has 7 nitrogen and oxygen atoms in total. The fourth-order valence-corrected chi connectivity index (χ4v) is 2.55. The number of aromatic amines is 1. The van der Waals surface area contributed by atoms with Crippen LogP contribution in [0.15, 0.2) is 42.6 Å². The van der Waals surface area contributed by atoms with Crippen LogP contribution >= 0.6 is 0 Å². The molecule has 0 aliphatic carbocycles. The van der Waals surface area contributed by atoms with Crippen molar-refractivity contribution in [3.8, 4) is 17.2 Å². The monoisotopic (exact) mass is 353 g/mol. The number of H-pyrrole nitrogens is 1. The summed E-state index contributed by atoms with van der Waals surface area (Å²) in [5.74, 6) is 1.43. The predicted octanol–water partition coefficient (Wildman–Crippen LogP) is 3.24. The lowest BCUT2D eigenvalue weighted by molar-refractivity contribution is -0.111. The van der Waals surface area contributed by atoms with E-state index in [9.17, 15) is 4.79 Å². The number of nitrogens with one attached hydrogen (secondary N) is 2. The van der Waals surface area contributed by atoms with Crippen molar-refractivity contribution in [2.24, 2.45) is 0 Å². The fourth-order valence-electron chi connectivity index (χ4n) is 2.55. The molecule has 0 radical (unpaired) electrons. The first-order valence-corrected chi connectivity index (χ1v) is 7.87. The third-order valence-corrected chi connectivity index (χ3v) is 3.86. The third kappa shape index (κ3) is 3.61. The molecule has 1 amide bonds. The molecule has 2 N–H and O–H groups in total. The number of carbonyl (C=O) groups is 1. The van der Waals surface area contributed by atoms with E-state index >= 15 is 0 Å². The van der Waals surface area contributed by atoms with Crippen LogP contribution in [0.2, 0.25) is 0 Å². The maximum Gasteiger partial charge on any atom is 0.248 e. The fraction of sp³-hybridized carbons (Fsp3) is 0.158. The van der Waals surface area contributed by atoms with E-state index in [1.54, 1.807) is 45.7 Å². The number of methoxy groups -OCH3 is 3. The highest BCUT2D eigenvalue weighted by atomic mass is 16.5. The Kier molecular flexibility index (Phi) is 5.07. The standard InChI is InChI=1S/C19H19N3O4/c1-24-16-10-18(26-3)17(25-2)9-12(16)4-7-19(23)21-14-5-6-15-13(8-14)11-20-22-15/h4-11H,1-3H3,(H,20,22)(H,21,23)/b7-4+. The Hall–Kier alpha value is -3.48. The lowest BCUT2D eigenvalue weighted by Crippen LogP contribution is -2.07. The summed E-state index contributed by atoms with van der Waals surface area (Å²) in [5.41, 5.74) is 2.30. The minimum atomic E-state index is -0.260. The Bertz CT molecular complexity index is 963. The van der Waals surface area contributed by atoms with Gasteiger partial charge in [0.15, 0.2) is 11.5 Å². The number of hydrogen-bond acceptors (Lipinski definition) is 5. The van der Waals surface area contributed by atoms with Gasteiger partial charge in [-0.2, -0.15) is 5.10 Å². The minimum absolute atomic E-state index is 0.260. The zero-order valence-electron chi connectivity index (χ0n) is 14.7. The SMILES string of the molecule is COc1cc(OC)c(OC)cc1/C=C/C(=O)Nc1ccc2[nH]ncc2c1. The van der Waals surface area contributed by atoms with Crippen LogP contribution in [0.4, 0.5) is 5.69 Å². The number of fused-ring (bicyclic) bond motifs is 1. The highest BCUT2D eigenvalue weighted by molar-refractivity contribution is 6.03. The van der Waals surface area contributed by atoms with Gasteiger partial charge in [0.2, 0.25) is 5.91 Å². The van der Waals surface area contributed by atoms with Crippen molar-refractivity contribution in [3.05, 3.63) is 48.2 Å². The lowest BCUT2D eigenvalue weighted by Gasteiger charge is -2.12. The number of nitrogens with zero attached hydrogens (tertiary/aromatic N) is 1. The molecule has 0 atom stereocenters. The topological polar surface area (TPSA) is 85.5 Å². The minimum Gasteiger partial charge on any atom is -0.496 e. The molecule has 26 heavy (non-hydrogen) atoms. The molecule has 2 aromatic carbocycles. The molecular formula is C19H19N3O4. The Morgan fingerprint density at radius 3 is 2.50 bits per heavy atom. The second kappa shape index (κ2) is 7.60. The molecule has 0 saturated heterocycles. The Morgan fingerprint density at radius 2 is 1.77 bits per heavy atom. The molecule has 0 spiro atoms. The zero-order chi connectivity index (χ0) is 18.5. The van der Waals surface area contributed by atoms with Crippen LogP contribution in [0.5, 0.6) is 17.2 Å². The highest BCUT2D eigenvalue weighted by Gasteiger charge is 2.10. The molecule has 1 heterocycles. The molecule has 134 valence electrons. The molecule has 0 unspecified atom stereocenters. The molecule has 0 bridgehead atoms. The van der Waals surface area contributed by atoms with E-state index in [0.29, 0.717) is 28.5 Å². The van der Waals surface area contributed by atoms with Gasteiger partial charge in [-0.05, 0) is 30.3 Å². The number of hydrogen-bond donors (Lipinski definition) is 2. The number of benzene rings is 2. The number of carbonyl (C=O) groups excluding carboxylic acids is 1. The van der Waals surface area contributed by atoms with Crippen molar-refractivity contribution >= 4 is 28.6 Å². The largest absolute Gasteiger partial charge is 0.496 e. The van der Waals surface area contributed by atoms with Crippen molar-refractivity contribution in [3.63, 3.8) is 0 Å². The molecule has 0 aliphatic rings. The second-order valence-electron chi connectivity index (χ2n) is 5.44. The van der Waals surface area contributed by atoms with E-state index in [4.69, 9.17) is 14.2 Å². The summed E-state index contributed by atoms with van der Waals surface area (Å²) in [6.45, 7) is 0. The first-order chi connectivity index (χ1) is 12.6.